The average Bonchev–Trinajstić information content (AvgIpc) is 2.39. The Morgan fingerprint density at radius 1 is 1.28 bits per heavy atom. The molecule has 6 heteroatoms. The van der Waals surface area contributed by atoms with Crippen LogP contribution in [0.2, 0.25) is 0 Å². The minimum atomic E-state index is -1.17. The summed E-state index contributed by atoms with van der Waals surface area (Å²) in [7, 11) is 0. The third-order valence-electron chi connectivity index (χ3n) is 2.38. The van der Waals surface area contributed by atoms with Crippen LogP contribution in [0.15, 0.2) is 42.6 Å². The van der Waals surface area contributed by atoms with E-state index in [1.165, 1.54) is 24.4 Å². The zero-order valence-electron chi connectivity index (χ0n) is 9.11. The maximum Gasteiger partial charge on any atom is 0.355 e. The first-order chi connectivity index (χ1) is 8.59. The Hall–Kier alpha value is -2.76. The molecule has 0 spiro atoms. The molecule has 1 aromatic carbocycles. The molecule has 0 aliphatic rings. The molecule has 18 heavy (non-hydrogen) atoms. The van der Waals surface area contributed by atoms with Gasteiger partial charge in [0.25, 0.3) is 5.69 Å². The highest BCUT2D eigenvalue weighted by molar-refractivity contribution is 5.94. The van der Waals surface area contributed by atoms with Crippen molar-refractivity contribution in [2.45, 2.75) is 0 Å². The molecule has 90 valence electrons. The highest BCUT2D eigenvalue weighted by Gasteiger charge is 2.14. The SMILES string of the molecule is O=C(O)c1ncccc1-c1cccc([N+](=O)[O-])c1. The van der Waals surface area contributed by atoms with Crippen molar-refractivity contribution in [3.05, 3.63) is 58.4 Å². The van der Waals surface area contributed by atoms with Gasteiger partial charge in [0.2, 0.25) is 0 Å². The Bertz CT molecular complexity index is 625. The van der Waals surface area contributed by atoms with Gasteiger partial charge in [-0.05, 0) is 11.6 Å². The fraction of sp³-hybridized carbons (Fsp3) is 0. The molecule has 0 aliphatic heterocycles. The van der Waals surface area contributed by atoms with Crippen molar-refractivity contribution >= 4 is 11.7 Å². The summed E-state index contributed by atoms with van der Waals surface area (Å²) in [6, 6.07) is 8.93. The number of carboxylic acid groups (broad SMARTS) is 1. The highest BCUT2D eigenvalue weighted by atomic mass is 16.6. The maximum atomic E-state index is 11.0. The highest BCUT2D eigenvalue weighted by Crippen LogP contribution is 2.25. The van der Waals surface area contributed by atoms with Crippen LogP contribution in [-0.4, -0.2) is 21.0 Å². The van der Waals surface area contributed by atoms with Gasteiger partial charge in [-0.3, -0.25) is 10.1 Å². The lowest BCUT2D eigenvalue weighted by atomic mass is 10.0. The fourth-order valence-corrected chi connectivity index (χ4v) is 1.60. The quantitative estimate of drug-likeness (QED) is 0.660. The van der Waals surface area contributed by atoms with Gasteiger partial charge in [-0.25, -0.2) is 9.78 Å². The van der Waals surface area contributed by atoms with Crippen molar-refractivity contribution in [2.75, 3.05) is 0 Å². The van der Waals surface area contributed by atoms with Crippen LogP contribution in [0.5, 0.6) is 0 Å². The number of aromatic nitrogens is 1. The van der Waals surface area contributed by atoms with E-state index in [0.29, 0.717) is 11.1 Å². The first-order valence-corrected chi connectivity index (χ1v) is 5.03. The standard InChI is InChI=1S/C12H8N2O4/c15-12(16)11-10(5-2-6-13-11)8-3-1-4-9(7-8)14(17)18/h1-7H,(H,15,16). The van der Waals surface area contributed by atoms with Gasteiger partial charge in [0.05, 0.1) is 4.92 Å². The molecule has 1 heterocycles. The van der Waals surface area contributed by atoms with E-state index in [9.17, 15) is 14.9 Å². The van der Waals surface area contributed by atoms with Gasteiger partial charge in [0.15, 0.2) is 5.69 Å². The molecule has 0 atom stereocenters. The first kappa shape index (κ1) is 11.7. The number of nitro groups is 1. The summed E-state index contributed by atoms with van der Waals surface area (Å²) in [5.74, 6) is -1.17. The van der Waals surface area contributed by atoms with E-state index >= 15 is 0 Å². The minimum absolute atomic E-state index is 0.0901. The zero-order valence-corrected chi connectivity index (χ0v) is 9.11. The molecular formula is C12H8N2O4. The van der Waals surface area contributed by atoms with Crippen molar-refractivity contribution in [2.24, 2.45) is 0 Å². The van der Waals surface area contributed by atoms with Gasteiger partial charge in [-0.1, -0.05) is 18.2 Å². The molecule has 0 radical (unpaired) electrons. The van der Waals surface area contributed by atoms with Crippen LogP contribution >= 0.6 is 0 Å². The van der Waals surface area contributed by atoms with Gasteiger partial charge in [0.1, 0.15) is 0 Å². The molecule has 6 nitrogen and oxygen atoms in total. The smallest absolute Gasteiger partial charge is 0.355 e. The van der Waals surface area contributed by atoms with Gasteiger partial charge in [-0.2, -0.15) is 0 Å². The van der Waals surface area contributed by atoms with E-state index < -0.39 is 10.9 Å². The van der Waals surface area contributed by atoms with Crippen LogP contribution in [-0.2, 0) is 0 Å². The third kappa shape index (κ3) is 2.17. The molecule has 0 aliphatic carbocycles. The summed E-state index contributed by atoms with van der Waals surface area (Å²) in [6.07, 6.45) is 1.37. The second kappa shape index (κ2) is 4.62. The lowest BCUT2D eigenvalue weighted by Crippen LogP contribution is -2.02. The van der Waals surface area contributed by atoms with Gasteiger partial charge >= 0.3 is 5.97 Å². The average molecular weight is 244 g/mol. The van der Waals surface area contributed by atoms with Gasteiger partial charge < -0.3 is 5.11 Å². The number of aromatic carboxylic acids is 1. The van der Waals surface area contributed by atoms with Crippen molar-refractivity contribution < 1.29 is 14.8 Å². The van der Waals surface area contributed by atoms with Crippen LogP contribution in [0.1, 0.15) is 10.5 Å². The number of nitro benzene ring substituents is 1. The molecule has 0 saturated heterocycles. The number of hydrogen-bond donors (Lipinski definition) is 1. The number of rotatable bonds is 3. The first-order valence-electron chi connectivity index (χ1n) is 5.03. The molecular weight excluding hydrogens is 236 g/mol. The van der Waals surface area contributed by atoms with Gasteiger partial charge in [-0.15, -0.1) is 0 Å². The monoisotopic (exact) mass is 244 g/mol. The van der Waals surface area contributed by atoms with Crippen LogP contribution in [0.3, 0.4) is 0 Å². The second-order valence-corrected chi connectivity index (χ2v) is 3.51. The summed E-state index contributed by atoms with van der Waals surface area (Å²) in [6.45, 7) is 0. The number of carboxylic acids is 1. The Labute approximate surface area is 102 Å². The predicted octanol–water partition coefficient (Wildman–Crippen LogP) is 2.36. The number of pyridine rings is 1. The Morgan fingerprint density at radius 3 is 2.72 bits per heavy atom. The maximum absolute atomic E-state index is 11.0. The van der Waals surface area contributed by atoms with Crippen molar-refractivity contribution in [1.82, 2.24) is 4.98 Å². The zero-order chi connectivity index (χ0) is 13.1. The van der Waals surface area contributed by atoms with Crippen LogP contribution in [0.25, 0.3) is 11.1 Å². The minimum Gasteiger partial charge on any atom is -0.476 e. The number of hydrogen-bond acceptors (Lipinski definition) is 4. The Morgan fingerprint density at radius 2 is 2.06 bits per heavy atom. The van der Waals surface area contributed by atoms with E-state index in [0.717, 1.165) is 0 Å². The Balaban J connectivity index is 2.58. The lowest BCUT2D eigenvalue weighted by molar-refractivity contribution is -0.384. The summed E-state index contributed by atoms with van der Waals surface area (Å²) >= 11 is 0. The van der Waals surface area contributed by atoms with Crippen LogP contribution in [0, 0.1) is 10.1 Å². The number of non-ortho nitro benzene ring substituents is 1. The van der Waals surface area contributed by atoms with E-state index in [1.807, 2.05) is 0 Å². The normalized spacial score (nSPS) is 10.0. The van der Waals surface area contributed by atoms with Crippen molar-refractivity contribution in [3.63, 3.8) is 0 Å². The van der Waals surface area contributed by atoms with E-state index in [4.69, 9.17) is 5.11 Å². The number of carbonyl (C=O) groups is 1. The molecule has 0 unspecified atom stereocenters. The van der Waals surface area contributed by atoms with Crippen molar-refractivity contribution in [3.8, 4) is 11.1 Å². The largest absolute Gasteiger partial charge is 0.476 e. The third-order valence-corrected chi connectivity index (χ3v) is 2.38. The van der Waals surface area contributed by atoms with E-state index in [2.05, 4.69) is 4.98 Å². The number of benzene rings is 1. The van der Waals surface area contributed by atoms with E-state index in [-0.39, 0.29) is 11.4 Å². The lowest BCUT2D eigenvalue weighted by Gasteiger charge is -2.04. The van der Waals surface area contributed by atoms with Crippen molar-refractivity contribution in [1.29, 1.82) is 0 Å². The topological polar surface area (TPSA) is 93.3 Å². The number of nitrogens with zero attached hydrogens (tertiary/aromatic N) is 2. The predicted molar refractivity (Wildman–Crippen MR) is 63.3 cm³/mol. The van der Waals surface area contributed by atoms with Crippen LogP contribution < -0.4 is 0 Å². The molecule has 1 N–H and O–H groups in total. The molecule has 2 aromatic rings. The summed E-state index contributed by atoms with van der Waals surface area (Å²) in [5.41, 5.74) is 0.592. The molecule has 1 aromatic heterocycles. The van der Waals surface area contributed by atoms with E-state index in [1.54, 1.807) is 18.2 Å². The molecule has 0 amide bonds. The molecule has 0 fully saturated rings. The summed E-state index contributed by atoms with van der Waals surface area (Å²) < 4.78 is 0. The molecule has 0 bridgehead atoms. The molecule has 0 saturated carbocycles. The summed E-state index contributed by atoms with van der Waals surface area (Å²) in [5, 5.41) is 19.7. The summed E-state index contributed by atoms with van der Waals surface area (Å²) in [4.78, 5) is 24.9. The second-order valence-electron chi connectivity index (χ2n) is 3.51. The fourth-order valence-electron chi connectivity index (χ4n) is 1.60. The van der Waals surface area contributed by atoms with Gasteiger partial charge in [0, 0.05) is 23.9 Å². The van der Waals surface area contributed by atoms with Crippen LogP contribution in [0.4, 0.5) is 5.69 Å². The Kier molecular flexibility index (Phi) is 3.01. The molecule has 2 rings (SSSR count).